The van der Waals surface area contributed by atoms with Crippen LogP contribution in [0.25, 0.3) is 10.1 Å². The molecule has 4 heterocycles. The summed E-state index contributed by atoms with van der Waals surface area (Å²) in [5, 5.41) is 15.2. The Bertz CT molecular complexity index is 501. The summed E-state index contributed by atoms with van der Waals surface area (Å²) in [6, 6.07) is 8.69. The lowest BCUT2D eigenvalue weighted by Gasteiger charge is -2.43. The van der Waals surface area contributed by atoms with Gasteiger partial charge in [-0.1, -0.05) is 18.2 Å². The van der Waals surface area contributed by atoms with Crippen molar-refractivity contribution in [1.29, 1.82) is 0 Å². The summed E-state index contributed by atoms with van der Waals surface area (Å²) in [5.74, 6) is 0.856. The molecule has 3 fully saturated rings. The first-order valence-corrected chi connectivity index (χ1v) is 7.89. The lowest BCUT2D eigenvalue weighted by atomic mass is 9.85. The Morgan fingerprint density at radius 3 is 2.38 bits per heavy atom. The molecular formula is C14H21BN3O2S. The molecule has 21 heavy (non-hydrogen) atoms. The van der Waals surface area contributed by atoms with Gasteiger partial charge in [0.25, 0.3) is 0 Å². The fourth-order valence-corrected chi connectivity index (χ4v) is 3.47. The van der Waals surface area contributed by atoms with E-state index in [-0.39, 0.29) is 7.69 Å². The van der Waals surface area contributed by atoms with Gasteiger partial charge >= 0.3 is 7.69 Å². The van der Waals surface area contributed by atoms with Gasteiger partial charge in [0.2, 0.25) is 0 Å². The molecule has 1 unspecified atom stereocenters. The van der Waals surface area contributed by atoms with Crippen LogP contribution in [0.3, 0.4) is 0 Å². The van der Waals surface area contributed by atoms with Crippen molar-refractivity contribution in [3.63, 3.8) is 0 Å². The van der Waals surface area contributed by atoms with Gasteiger partial charge in [-0.15, -0.1) is 0 Å². The molecule has 0 aliphatic carbocycles. The second-order valence-corrected chi connectivity index (χ2v) is 6.11. The van der Waals surface area contributed by atoms with Crippen LogP contribution in [0.2, 0.25) is 0 Å². The monoisotopic (exact) mass is 306 g/mol. The highest BCUT2D eigenvalue weighted by Gasteiger charge is 2.31. The van der Waals surface area contributed by atoms with Crippen molar-refractivity contribution in [2.24, 2.45) is 11.7 Å². The van der Waals surface area contributed by atoms with Crippen LogP contribution in [0.15, 0.2) is 30.5 Å². The number of nitrogens with two attached hydrogens (primary N) is 1. The summed E-state index contributed by atoms with van der Waals surface area (Å²) in [5.41, 5.74) is 5.88. The van der Waals surface area contributed by atoms with Gasteiger partial charge < -0.3 is 20.7 Å². The summed E-state index contributed by atoms with van der Waals surface area (Å²) in [6.07, 6.45) is 4.59. The summed E-state index contributed by atoms with van der Waals surface area (Å²) >= 11 is 1.54. The molecule has 0 spiro atoms. The Morgan fingerprint density at radius 1 is 1.24 bits per heavy atom. The molecule has 2 bridgehead atoms. The van der Waals surface area contributed by atoms with Crippen molar-refractivity contribution in [2.75, 3.05) is 19.6 Å². The van der Waals surface area contributed by atoms with E-state index in [0.29, 0.717) is 6.04 Å². The molecule has 113 valence electrons. The minimum absolute atomic E-state index is 0. The van der Waals surface area contributed by atoms with Crippen LogP contribution in [0.1, 0.15) is 12.8 Å². The second-order valence-electron chi connectivity index (χ2n) is 5.28. The van der Waals surface area contributed by atoms with Crippen LogP contribution in [-0.4, -0.2) is 52.7 Å². The highest BCUT2D eigenvalue weighted by Crippen LogP contribution is 2.25. The second kappa shape index (κ2) is 8.46. The summed E-state index contributed by atoms with van der Waals surface area (Å²) in [6.45, 7) is 3.77. The highest BCUT2D eigenvalue weighted by atomic mass is 32.1. The van der Waals surface area contributed by atoms with Crippen molar-refractivity contribution >= 4 is 29.3 Å². The zero-order valence-corrected chi connectivity index (χ0v) is 12.7. The summed E-state index contributed by atoms with van der Waals surface area (Å²) < 4.78 is 5.30. The zero-order valence-electron chi connectivity index (χ0n) is 11.9. The lowest BCUT2D eigenvalue weighted by molar-refractivity contribution is 0.0896. The van der Waals surface area contributed by atoms with Crippen molar-refractivity contribution in [3.8, 4) is 0 Å². The van der Waals surface area contributed by atoms with Crippen LogP contribution < -0.4 is 5.73 Å². The van der Waals surface area contributed by atoms with Gasteiger partial charge in [-0.2, -0.15) is 4.37 Å². The number of piperidine rings is 3. The normalized spacial score (nSPS) is 26.3. The van der Waals surface area contributed by atoms with Crippen LogP contribution in [0, 0.1) is 5.92 Å². The van der Waals surface area contributed by atoms with Crippen molar-refractivity contribution in [1.82, 2.24) is 9.27 Å². The molecule has 1 atom stereocenters. The first-order chi connectivity index (χ1) is 10.2. The average Bonchev–Trinajstić information content (AvgIpc) is 2.98. The molecule has 3 saturated heterocycles. The third-order valence-corrected chi connectivity index (χ3v) is 4.75. The number of hydrogen-bond acceptors (Lipinski definition) is 6. The Morgan fingerprint density at radius 2 is 1.90 bits per heavy atom. The largest absolute Gasteiger partial charge is 0.482 e. The average molecular weight is 306 g/mol. The predicted octanol–water partition coefficient (Wildman–Crippen LogP) is 0.841. The van der Waals surface area contributed by atoms with E-state index in [0.717, 1.165) is 12.5 Å². The van der Waals surface area contributed by atoms with E-state index in [9.17, 15) is 0 Å². The van der Waals surface area contributed by atoms with E-state index in [1.54, 1.807) is 0 Å². The van der Waals surface area contributed by atoms with Crippen LogP contribution in [-0.2, 0) is 0 Å². The van der Waals surface area contributed by atoms with Gasteiger partial charge in [-0.3, -0.25) is 0 Å². The van der Waals surface area contributed by atoms with E-state index in [1.165, 1.54) is 47.5 Å². The maximum absolute atomic E-state index is 7.00. The van der Waals surface area contributed by atoms with Crippen molar-refractivity contribution in [2.45, 2.75) is 18.9 Å². The number of fused-ring (bicyclic) bond motifs is 4. The molecule has 3 aliphatic heterocycles. The third-order valence-electron chi connectivity index (χ3n) is 3.97. The minimum Gasteiger partial charge on any atom is -0.429 e. The van der Waals surface area contributed by atoms with E-state index < -0.39 is 0 Å². The van der Waals surface area contributed by atoms with Gasteiger partial charge in [-0.25, -0.2) is 0 Å². The number of hydrogen-bond donors (Lipinski definition) is 3. The van der Waals surface area contributed by atoms with E-state index in [4.69, 9.17) is 15.8 Å². The molecule has 1 aromatic carbocycles. The number of aromatic nitrogens is 1. The molecular weight excluding hydrogens is 285 g/mol. The number of benzene rings is 1. The standard InChI is InChI=1S/C7H14N2.C7H5NS.BH2O2/c8-7-5-9-3-1-6(7)2-4-9;1-2-4-7-6(3-1)5-8-9-7;2-1-3/h6-7H,1-5,8H2;1-5H;2-3H. The highest BCUT2D eigenvalue weighted by molar-refractivity contribution is 7.13. The number of rotatable bonds is 0. The van der Waals surface area contributed by atoms with Gasteiger partial charge in [0, 0.05) is 24.2 Å². The molecule has 1 aromatic heterocycles. The van der Waals surface area contributed by atoms with Gasteiger partial charge in [-0.05, 0) is 49.4 Å². The molecule has 0 amide bonds. The van der Waals surface area contributed by atoms with Crippen LogP contribution >= 0.6 is 11.5 Å². The maximum atomic E-state index is 7.00. The number of nitrogens with zero attached hydrogens (tertiary/aromatic N) is 2. The Labute approximate surface area is 129 Å². The van der Waals surface area contributed by atoms with E-state index >= 15 is 0 Å². The van der Waals surface area contributed by atoms with Crippen molar-refractivity contribution in [3.05, 3.63) is 30.5 Å². The van der Waals surface area contributed by atoms with Crippen molar-refractivity contribution < 1.29 is 10.0 Å². The first-order valence-electron chi connectivity index (χ1n) is 7.12. The van der Waals surface area contributed by atoms with Gasteiger partial charge in [0.1, 0.15) is 0 Å². The van der Waals surface area contributed by atoms with E-state index in [1.807, 2.05) is 18.3 Å². The fourth-order valence-electron chi connectivity index (χ4n) is 2.82. The fraction of sp³-hybridized carbons (Fsp3) is 0.500. The molecule has 1 radical (unpaired) electrons. The summed E-state index contributed by atoms with van der Waals surface area (Å²) in [7, 11) is 0. The molecule has 0 saturated carbocycles. The quantitative estimate of drug-likeness (QED) is 0.628. The molecule has 5 nitrogen and oxygen atoms in total. The molecule has 7 heteroatoms. The topological polar surface area (TPSA) is 82.6 Å². The molecule has 3 aliphatic rings. The smallest absolute Gasteiger partial charge is 0.429 e. The Hall–Kier alpha value is -0.985. The van der Waals surface area contributed by atoms with Gasteiger partial charge in [0.15, 0.2) is 0 Å². The Balaban J connectivity index is 0.000000130. The molecule has 5 rings (SSSR count). The molecule has 4 N–H and O–H groups in total. The van der Waals surface area contributed by atoms with Crippen LogP contribution in [0.5, 0.6) is 0 Å². The summed E-state index contributed by atoms with van der Waals surface area (Å²) in [4.78, 5) is 2.48. The predicted molar refractivity (Wildman–Crippen MR) is 87.0 cm³/mol. The molecule has 2 aromatic rings. The van der Waals surface area contributed by atoms with Crippen LogP contribution in [0.4, 0.5) is 0 Å². The third kappa shape index (κ3) is 4.76. The van der Waals surface area contributed by atoms with E-state index in [2.05, 4.69) is 21.4 Å². The zero-order chi connectivity index (χ0) is 15.1. The SMILES string of the molecule is NC1CN2CCC1CC2.O[B]O.c1ccc2sncc2c1. The van der Waals surface area contributed by atoms with Gasteiger partial charge in [0.05, 0.1) is 4.70 Å². The minimum atomic E-state index is 0. The lowest BCUT2D eigenvalue weighted by Crippen LogP contribution is -2.54. The maximum Gasteiger partial charge on any atom is 0.482 e. The first kappa shape index (κ1) is 16.4. The Kier molecular flexibility index (Phi) is 6.60.